The van der Waals surface area contributed by atoms with Gasteiger partial charge in [-0.3, -0.25) is 0 Å². The van der Waals surface area contributed by atoms with Crippen LogP contribution in [0.3, 0.4) is 0 Å². The van der Waals surface area contributed by atoms with Gasteiger partial charge in [0, 0.05) is 0 Å². The molecule has 0 saturated carbocycles. The first kappa shape index (κ1) is 8.32. The van der Waals surface area contributed by atoms with Crippen LogP contribution in [0.15, 0.2) is 36.5 Å². The number of rotatable bonds is 0. The average molecular weight is 147 g/mol. The van der Waals surface area contributed by atoms with Gasteiger partial charge >= 0.3 is 0 Å². The fourth-order valence-corrected chi connectivity index (χ4v) is 1.05. The second kappa shape index (κ2) is 5.96. The molecule has 0 heteroatoms. The summed E-state index contributed by atoms with van der Waals surface area (Å²) in [5.41, 5.74) is 0. The van der Waals surface area contributed by atoms with E-state index >= 15 is 0 Å². The van der Waals surface area contributed by atoms with Crippen LogP contribution < -0.4 is 0 Å². The topological polar surface area (TPSA) is 0 Å². The summed E-state index contributed by atoms with van der Waals surface area (Å²) in [4.78, 5) is 0. The highest BCUT2D eigenvalue weighted by molar-refractivity contribution is 5.11. The van der Waals surface area contributed by atoms with Crippen LogP contribution >= 0.6 is 0 Å². The Kier molecular flexibility index (Phi) is 4.51. The molecule has 59 valence electrons. The van der Waals surface area contributed by atoms with Crippen molar-refractivity contribution in [3.8, 4) is 0 Å². The Bertz CT molecular complexity index is 143. The molecule has 0 aromatic carbocycles. The van der Waals surface area contributed by atoms with Crippen LogP contribution in [0.4, 0.5) is 0 Å². The van der Waals surface area contributed by atoms with E-state index in [1.54, 1.807) is 0 Å². The van der Waals surface area contributed by atoms with Crippen molar-refractivity contribution in [3.63, 3.8) is 0 Å². The van der Waals surface area contributed by atoms with Crippen molar-refractivity contribution in [1.29, 1.82) is 0 Å². The highest BCUT2D eigenvalue weighted by Gasteiger charge is 1.85. The summed E-state index contributed by atoms with van der Waals surface area (Å²) in [6.07, 6.45) is 20.0. The molecule has 0 aromatic heterocycles. The van der Waals surface area contributed by atoms with Gasteiger partial charge in [-0.25, -0.2) is 0 Å². The van der Waals surface area contributed by atoms with Gasteiger partial charge in [-0.2, -0.15) is 0 Å². The molecule has 1 rings (SSSR count). The van der Waals surface area contributed by atoms with Crippen molar-refractivity contribution >= 4 is 0 Å². The fourth-order valence-electron chi connectivity index (χ4n) is 1.05. The van der Waals surface area contributed by atoms with Crippen molar-refractivity contribution < 1.29 is 0 Å². The lowest BCUT2D eigenvalue weighted by Crippen LogP contribution is -1.75. The molecule has 0 aromatic rings. The lowest BCUT2D eigenvalue weighted by molar-refractivity contribution is 0.857. The Morgan fingerprint density at radius 3 is 1.64 bits per heavy atom. The minimum absolute atomic E-state index is 1.18. The molecular weight excluding hydrogens is 132 g/mol. The molecular formula is C11H15. The molecule has 0 fully saturated rings. The molecule has 0 N–H and O–H groups in total. The van der Waals surface area contributed by atoms with Gasteiger partial charge in [0.1, 0.15) is 0 Å². The lowest BCUT2D eigenvalue weighted by Gasteiger charge is -1.92. The molecule has 1 aliphatic carbocycles. The van der Waals surface area contributed by atoms with Gasteiger partial charge in [-0.15, -0.1) is 0 Å². The molecule has 11 heavy (non-hydrogen) atoms. The summed E-state index contributed by atoms with van der Waals surface area (Å²) < 4.78 is 0. The van der Waals surface area contributed by atoms with Crippen molar-refractivity contribution in [2.75, 3.05) is 0 Å². The molecule has 0 bridgehead atoms. The first-order chi connectivity index (χ1) is 5.50. The summed E-state index contributed by atoms with van der Waals surface area (Å²) in [5.74, 6) is 0. The predicted octanol–water partition coefficient (Wildman–Crippen LogP) is 3.43. The minimum Gasteiger partial charge on any atom is -0.0845 e. The van der Waals surface area contributed by atoms with Crippen LogP contribution in [0.25, 0.3) is 0 Å². The molecule has 1 aliphatic rings. The number of hydrogen-bond donors (Lipinski definition) is 0. The summed E-state index contributed by atoms with van der Waals surface area (Å²) in [7, 11) is 0. The van der Waals surface area contributed by atoms with Crippen LogP contribution in [-0.4, -0.2) is 0 Å². The monoisotopic (exact) mass is 147 g/mol. The van der Waals surface area contributed by atoms with E-state index in [9.17, 15) is 0 Å². The Labute approximate surface area is 69.3 Å². The highest BCUT2D eigenvalue weighted by Crippen LogP contribution is 2.04. The van der Waals surface area contributed by atoms with Crippen LogP contribution in [0.5, 0.6) is 0 Å². The second-order valence-corrected chi connectivity index (χ2v) is 2.68. The maximum absolute atomic E-state index is 2.36. The van der Waals surface area contributed by atoms with E-state index in [2.05, 4.69) is 42.9 Å². The van der Waals surface area contributed by atoms with Gasteiger partial charge in [0.15, 0.2) is 0 Å². The zero-order valence-electron chi connectivity index (χ0n) is 6.87. The zero-order chi connectivity index (χ0) is 7.78. The largest absolute Gasteiger partial charge is 0.0845 e. The van der Waals surface area contributed by atoms with Crippen molar-refractivity contribution in [3.05, 3.63) is 42.9 Å². The van der Waals surface area contributed by atoms with Crippen LogP contribution in [0.1, 0.15) is 25.7 Å². The van der Waals surface area contributed by atoms with E-state index in [1.165, 1.54) is 25.7 Å². The highest BCUT2D eigenvalue weighted by atomic mass is 13.9. The molecule has 0 unspecified atom stereocenters. The van der Waals surface area contributed by atoms with Crippen LogP contribution in [-0.2, 0) is 0 Å². The predicted molar refractivity (Wildman–Crippen MR) is 50.2 cm³/mol. The second-order valence-electron chi connectivity index (χ2n) is 2.68. The summed E-state index contributed by atoms with van der Waals surface area (Å²) in [5, 5.41) is 0. The molecule has 0 atom stereocenters. The maximum atomic E-state index is 2.36. The zero-order valence-corrected chi connectivity index (χ0v) is 6.87. The quantitative estimate of drug-likeness (QED) is 0.492. The SMILES string of the molecule is [CH]1CC\C=C/C=C\C=C/CC1. The Balaban J connectivity index is 2.36. The smallest absolute Gasteiger partial charge is 0.0345 e. The third-order valence-corrected chi connectivity index (χ3v) is 1.68. The molecule has 0 aliphatic heterocycles. The Hall–Kier alpha value is -0.780. The van der Waals surface area contributed by atoms with E-state index in [-0.39, 0.29) is 0 Å². The molecule has 1 radical (unpaired) electrons. The third-order valence-electron chi connectivity index (χ3n) is 1.68. The summed E-state index contributed by atoms with van der Waals surface area (Å²) >= 11 is 0. The van der Waals surface area contributed by atoms with E-state index < -0.39 is 0 Å². The van der Waals surface area contributed by atoms with Gasteiger partial charge < -0.3 is 0 Å². The van der Waals surface area contributed by atoms with Gasteiger partial charge in [0.25, 0.3) is 0 Å². The fraction of sp³-hybridized carbons (Fsp3) is 0.364. The normalized spacial score (nSPS) is 28.4. The third kappa shape index (κ3) is 4.60. The lowest BCUT2D eigenvalue weighted by atomic mass is 10.1. The standard InChI is InChI=1S/C11H15/c1-2-4-6-8-10-11-9-7-5-3-1/h1-6,11H,7-10H2/b2-1-,5-3-,6-4-. The number of allylic oxidation sites excluding steroid dienone is 6. The summed E-state index contributed by atoms with van der Waals surface area (Å²) in [6, 6.07) is 0. The Morgan fingerprint density at radius 1 is 0.545 bits per heavy atom. The molecule has 0 spiro atoms. The average Bonchev–Trinajstić information content (AvgIpc) is 2.08. The molecule has 0 saturated heterocycles. The van der Waals surface area contributed by atoms with Gasteiger partial charge in [-0.1, -0.05) is 36.5 Å². The van der Waals surface area contributed by atoms with Crippen molar-refractivity contribution in [2.45, 2.75) is 25.7 Å². The van der Waals surface area contributed by atoms with E-state index in [0.29, 0.717) is 0 Å². The number of hydrogen-bond acceptors (Lipinski definition) is 0. The van der Waals surface area contributed by atoms with Crippen molar-refractivity contribution in [2.24, 2.45) is 0 Å². The van der Waals surface area contributed by atoms with Gasteiger partial charge in [0.05, 0.1) is 0 Å². The van der Waals surface area contributed by atoms with E-state index in [4.69, 9.17) is 0 Å². The van der Waals surface area contributed by atoms with E-state index in [0.717, 1.165) is 0 Å². The minimum atomic E-state index is 1.18. The maximum Gasteiger partial charge on any atom is -0.0345 e. The first-order valence-corrected chi connectivity index (χ1v) is 4.30. The van der Waals surface area contributed by atoms with Crippen molar-refractivity contribution in [1.82, 2.24) is 0 Å². The molecule has 0 amide bonds. The van der Waals surface area contributed by atoms with Gasteiger partial charge in [-0.05, 0) is 32.1 Å². The van der Waals surface area contributed by atoms with Crippen LogP contribution in [0, 0.1) is 6.42 Å². The molecule has 0 heterocycles. The first-order valence-electron chi connectivity index (χ1n) is 4.30. The molecule has 0 nitrogen and oxygen atoms in total. The van der Waals surface area contributed by atoms with Crippen LogP contribution in [0.2, 0.25) is 0 Å². The van der Waals surface area contributed by atoms with Gasteiger partial charge in [0.2, 0.25) is 0 Å². The summed E-state index contributed by atoms with van der Waals surface area (Å²) in [6.45, 7) is 0. The Morgan fingerprint density at radius 2 is 1.09 bits per heavy atom. The van der Waals surface area contributed by atoms with E-state index in [1.807, 2.05) is 0 Å².